The van der Waals surface area contributed by atoms with Crippen molar-refractivity contribution in [1.82, 2.24) is 45.5 Å². The van der Waals surface area contributed by atoms with Crippen LogP contribution in [0, 0.1) is 0 Å². The summed E-state index contributed by atoms with van der Waals surface area (Å²) in [4.78, 5) is 13.0. The third-order valence-corrected chi connectivity index (χ3v) is 5.63. The molecule has 0 bridgehead atoms. The maximum atomic E-state index is 13.0. The lowest BCUT2D eigenvalue weighted by Crippen LogP contribution is -2.21. The van der Waals surface area contributed by atoms with E-state index in [0.29, 0.717) is 28.9 Å². The predicted molar refractivity (Wildman–Crippen MR) is 121 cm³/mol. The molecule has 0 radical (unpaired) electrons. The van der Waals surface area contributed by atoms with Crippen molar-refractivity contribution in [3.8, 4) is 11.6 Å². The van der Waals surface area contributed by atoms with Crippen LogP contribution in [0.4, 0.5) is 5.82 Å². The lowest BCUT2D eigenvalue weighted by atomic mass is 10.1. The zero-order valence-electron chi connectivity index (χ0n) is 18.5. The molecule has 0 aliphatic rings. The van der Waals surface area contributed by atoms with E-state index in [1.807, 2.05) is 38.2 Å². The fourth-order valence-electron chi connectivity index (χ4n) is 2.95. The Morgan fingerprint density at radius 2 is 2.12 bits per heavy atom. The average molecular weight is 484 g/mol. The van der Waals surface area contributed by atoms with Gasteiger partial charge in [0.2, 0.25) is 11.6 Å². The largest absolute Gasteiger partial charge is 0.493 e. The summed E-state index contributed by atoms with van der Waals surface area (Å²) in [5.41, 5.74) is 10.1. The van der Waals surface area contributed by atoms with E-state index in [1.165, 1.54) is 16.4 Å². The van der Waals surface area contributed by atoms with Crippen LogP contribution in [0.15, 0.2) is 45.5 Å². The lowest BCUT2D eigenvalue weighted by molar-refractivity contribution is 0.0949. The molecule has 34 heavy (non-hydrogen) atoms. The van der Waals surface area contributed by atoms with E-state index >= 15 is 0 Å². The molecule has 14 nitrogen and oxygen atoms in total. The van der Waals surface area contributed by atoms with E-state index in [1.54, 1.807) is 17.8 Å². The maximum Gasteiger partial charge on any atom is 0.293 e. The van der Waals surface area contributed by atoms with Crippen molar-refractivity contribution in [2.45, 2.75) is 24.8 Å². The molecule has 0 spiro atoms. The first-order valence-electron chi connectivity index (χ1n) is 10.1. The van der Waals surface area contributed by atoms with Crippen LogP contribution in [0.25, 0.3) is 5.82 Å². The Balaban J connectivity index is 1.61. The summed E-state index contributed by atoms with van der Waals surface area (Å²) in [6.07, 6.45) is 1.57. The first-order chi connectivity index (χ1) is 16.5. The van der Waals surface area contributed by atoms with Gasteiger partial charge in [-0.3, -0.25) is 4.79 Å². The van der Waals surface area contributed by atoms with Crippen LogP contribution in [0.2, 0.25) is 0 Å². The molecule has 0 unspecified atom stereocenters. The first-order valence-corrected chi connectivity index (χ1v) is 11.0. The number of benzene rings is 1. The number of aryl methyl sites for hydroxylation is 1. The third kappa shape index (κ3) is 4.73. The van der Waals surface area contributed by atoms with Crippen LogP contribution in [0.1, 0.15) is 35.6 Å². The number of nitrogen functional groups attached to an aromatic ring is 1. The Hall–Kier alpha value is -4.27. The minimum atomic E-state index is -0.567. The second-order valence-electron chi connectivity index (χ2n) is 6.85. The zero-order valence-corrected chi connectivity index (χ0v) is 19.4. The van der Waals surface area contributed by atoms with Gasteiger partial charge in [0.05, 0.1) is 18.0 Å². The summed E-state index contributed by atoms with van der Waals surface area (Å²) in [7, 11) is 1.81. The summed E-state index contributed by atoms with van der Waals surface area (Å²) >= 11 is 1.33. The standard InChI is InChI=1S/C19H21N11O3S/c1-4-32-14-8-6-5-7-12(14)11(2)22-24-18(31)15-13(9-34-19-25-21-10-29(19)3)30(28-23-15)17-16(20)26-33-27-17/h5-8,10H,4,9H2,1-3H3,(H2,20,26)(H,24,31). The van der Waals surface area contributed by atoms with Crippen molar-refractivity contribution >= 4 is 29.2 Å². The Labute approximate surface area is 197 Å². The highest BCUT2D eigenvalue weighted by Crippen LogP contribution is 2.24. The fraction of sp³-hybridized carbons (Fsp3) is 0.263. The Kier molecular flexibility index (Phi) is 6.82. The van der Waals surface area contributed by atoms with Crippen LogP contribution >= 0.6 is 11.8 Å². The molecule has 0 atom stereocenters. The maximum absolute atomic E-state index is 13.0. The van der Waals surface area contributed by atoms with E-state index in [2.05, 4.69) is 46.0 Å². The average Bonchev–Trinajstić information content (AvgIpc) is 3.56. The number of aromatic nitrogens is 8. The van der Waals surface area contributed by atoms with E-state index in [0.717, 1.165) is 5.56 Å². The number of hydrogen-bond acceptors (Lipinski definition) is 12. The van der Waals surface area contributed by atoms with Crippen molar-refractivity contribution in [1.29, 1.82) is 0 Å². The third-order valence-electron chi connectivity index (χ3n) is 4.58. The number of nitrogens with two attached hydrogens (primary N) is 1. The quantitative estimate of drug-likeness (QED) is 0.199. The van der Waals surface area contributed by atoms with Gasteiger partial charge in [0.25, 0.3) is 5.91 Å². The van der Waals surface area contributed by atoms with E-state index in [9.17, 15) is 4.79 Å². The SMILES string of the molecule is CCOc1ccccc1C(C)=NNC(=O)c1nnn(-c2nonc2N)c1CSc1nncn1C. The molecule has 3 heterocycles. The normalized spacial score (nSPS) is 11.6. The highest BCUT2D eigenvalue weighted by molar-refractivity contribution is 7.98. The molecule has 3 N–H and O–H groups in total. The van der Waals surface area contributed by atoms with Crippen LogP contribution in [-0.4, -0.2) is 58.3 Å². The number of anilines is 1. The second kappa shape index (κ2) is 10.1. The van der Waals surface area contributed by atoms with E-state index < -0.39 is 5.91 Å². The molecule has 0 aliphatic carbocycles. The molecule has 0 fully saturated rings. The highest BCUT2D eigenvalue weighted by atomic mass is 32.2. The Bertz CT molecular complexity index is 1330. The van der Waals surface area contributed by atoms with E-state index in [4.69, 9.17) is 10.5 Å². The van der Waals surface area contributed by atoms with Gasteiger partial charge in [0.15, 0.2) is 10.9 Å². The van der Waals surface area contributed by atoms with Crippen molar-refractivity contribution < 1.29 is 14.2 Å². The number of para-hydroxylation sites is 1. The second-order valence-corrected chi connectivity index (χ2v) is 7.79. The van der Waals surface area contributed by atoms with Crippen LogP contribution in [0.5, 0.6) is 5.75 Å². The number of hydrazone groups is 1. The molecule has 1 amide bonds. The minimum absolute atomic E-state index is 0.00293. The molecule has 3 aromatic heterocycles. The van der Waals surface area contributed by atoms with E-state index in [-0.39, 0.29) is 23.1 Å². The first kappa shape index (κ1) is 22.9. The molecular formula is C19H21N11O3S. The van der Waals surface area contributed by atoms with Gasteiger partial charge in [-0.05, 0) is 36.3 Å². The van der Waals surface area contributed by atoms with Crippen LogP contribution < -0.4 is 15.9 Å². The molecule has 1 aromatic carbocycles. The molecule has 0 aliphatic heterocycles. The summed E-state index contributed by atoms with van der Waals surface area (Å²) in [5, 5.41) is 28.1. The molecule has 15 heteroatoms. The number of thioether (sulfide) groups is 1. The van der Waals surface area contributed by atoms with Gasteiger partial charge < -0.3 is 15.0 Å². The number of nitrogens with one attached hydrogen (secondary N) is 1. The number of ether oxygens (including phenoxy) is 1. The topological polar surface area (TPSA) is 177 Å². The summed E-state index contributed by atoms with van der Waals surface area (Å²) in [6.45, 7) is 4.17. The molecule has 0 saturated heterocycles. The highest BCUT2D eigenvalue weighted by Gasteiger charge is 2.24. The Morgan fingerprint density at radius 3 is 2.82 bits per heavy atom. The monoisotopic (exact) mass is 483 g/mol. The molecule has 0 saturated carbocycles. The smallest absolute Gasteiger partial charge is 0.293 e. The number of hydrogen-bond donors (Lipinski definition) is 2. The van der Waals surface area contributed by atoms with Gasteiger partial charge in [0.1, 0.15) is 12.1 Å². The lowest BCUT2D eigenvalue weighted by Gasteiger charge is -2.09. The molecule has 4 aromatic rings. The van der Waals surface area contributed by atoms with Gasteiger partial charge in [-0.2, -0.15) is 9.78 Å². The van der Waals surface area contributed by atoms with Crippen molar-refractivity contribution in [2.24, 2.45) is 12.1 Å². The summed E-state index contributed by atoms with van der Waals surface area (Å²) in [6, 6.07) is 7.42. The fourth-order valence-corrected chi connectivity index (χ4v) is 3.83. The van der Waals surface area contributed by atoms with Crippen molar-refractivity contribution in [2.75, 3.05) is 12.3 Å². The molecule has 176 valence electrons. The number of rotatable bonds is 9. The summed E-state index contributed by atoms with van der Waals surface area (Å²) in [5.74, 6) is 0.475. The number of carbonyl (C=O) groups excluding carboxylic acids is 1. The van der Waals surface area contributed by atoms with Crippen molar-refractivity contribution in [3.63, 3.8) is 0 Å². The molecular weight excluding hydrogens is 462 g/mol. The van der Waals surface area contributed by atoms with Gasteiger partial charge >= 0.3 is 0 Å². The van der Waals surface area contributed by atoms with Gasteiger partial charge in [-0.15, -0.1) is 15.3 Å². The summed E-state index contributed by atoms with van der Waals surface area (Å²) < 4.78 is 13.3. The predicted octanol–water partition coefficient (Wildman–Crippen LogP) is 1.21. The molecule has 4 rings (SSSR count). The zero-order chi connectivity index (χ0) is 24.1. The van der Waals surface area contributed by atoms with Crippen LogP contribution in [0.3, 0.4) is 0 Å². The Morgan fingerprint density at radius 1 is 1.29 bits per heavy atom. The number of carbonyl (C=O) groups is 1. The van der Waals surface area contributed by atoms with Gasteiger partial charge in [-0.25, -0.2) is 10.1 Å². The van der Waals surface area contributed by atoms with Gasteiger partial charge in [-0.1, -0.05) is 29.1 Å². The number of nitrogens with zero attached hydrogens (tertiary/aromatic N) is 9. The number of amides is 1. The van der Waals surface area contributed by atoms with Gasteiger partial charge in [0, 0.05) is 18.4 Å². The van der Waals surface area contributed by atoms with Crippen LogP contribution in [-0.2, 0) is 12.8 Å². The minimum Gasteiger partial charge on any atom is -0.493 e. The van der Waals surface area contributed by atoms with Crippen molar-refractivity contribution in [3.05, 3.63) is 47.5 Å².